The summed E-state index contributed by atoms with van der Waals surface area (Å²) in [6.45, 7) is 8.17. The molecule has 0 unspecified atom stereocenters. The minimum Gasteiger partial charge on any atom is -0.493 e. The molecule has 186 valence electrons. The molecule has 3 N–H and O–H groups in total. The maximum absolute atomic E-state index is 14.9. The summed E-state index contributed by atoms with van der Waals surface area (Å²) in [6.07, 6.45) is 6.33. The maximum atomic E-state index is 14.9. The van der Waals surface area contributed by atoms with Crippen LogP contribution in [-0.2, 0) is 9.59 Å². The molecule has 35 heavy (non-hydrogen) atoms. The van der Waals surface area contributed by atoms with Crippen LogP contribution in [0.3, 0.4) is 0 Å². The molecule has 0 aliphatic heterocycles. The number of ether oxygens (including phenoxy) is 1. The highest BCUT2D eigenvalue weighted by molar-refractivity contribution is 6.03. The SMILES string of the molecule is C=c1cc(OCCC)cc(F)/c1=C(/N=CC)Nc1ccc(NC(=O)CC(=O)NC2CCCC2)cc1. The maximum Gasteiger partial charge on any atom is 0.233 e. The average Bonchev–Trinajstić information content (AvgIpc) is 3.31. The van der Waals surface area contributed by atoms with E-state index < -0.39 is 5.82 Å². The number of hydrogen-bond acceptors (Lipinski definition) is 5. The Labute approximate surface area is 205 Å². The summed E-state index contributed by atoms with van der Waals surface area (Å²) >= 11 is 0. The lowest BCUT2D eigenvalue weighted by molar-refractivity contribution is -0.127. The van der Waals surface area contributed by atoms with Gasteiger partial charge >= 0.3 is 0 Å². The van der Waals surface area contributed by atoms with Crippen molar-refractivity contribution in [1.29, 1.82) is 0 Å². The standard InChI is InChI=1S/C27H33FN4O3/c1-4-14-35-22-15-18(3)26(23(28)16-22)27(29-5-2)32-21-12-10-20(11-13-21)31-25(34)17-24(33)30-19-8-6-7-9-19/h5,10-13,15-16,19,32H,3-4,6-9,14,17H2,1-2H3,(H,30,33)(H,31,34)/b27-26-,29-5?. The van der Waals surface area contributed by atoms with E-state index in [2.05, 4.69) is 27.5 Å². The first-order valence-electron chi connectivity index (χ1n) is 12.0. The highest BCUT2D eigenvalue weighted by Gasteiger charge is 2.18. The molecule has 1 aliphatic rings. The van der Waals surface area contributed by atoms with Gasteiger partial charge < -0.3 is 20.7 Å². The minimum atomic E-state index is -0.489. The van der Waals surface area contributed by atoms with Crippen molar-refractivity contribution in [3.8, 4) is 5.75 Å². The van der Waals surface area contributed by atoms with E-state index in [0.717, 1.165) is 32.1 Å². The van der Waals surface area contributed by atoms with E-state index in [9.17, 15) is 14.0 Å². The normalized spacial score (nSPS) is 14.6. The average molecular weight is 481 g/mol. The molecule has 0 saturated heterocycles. The van der Waals surface area contributed by atoms with E-state index in [1.54, 1.807) is 43.5 Å². The van der Waals surface area contributed by atoms with Gasteiger partial charge in [0.2, 0.25) is 11.8 Å². The van der Waals surface area contributed by atoms with Crippen molar-refractivity contribution in [2.75, 3.05) is 17.2 Å². The van der Waals surface area contributed by atoms with Crippen LogP contribution in [0.4, 0.5) is 15.8 Å². The lowest BCUT2D eigenvalue weighted by atomic mass is 10.2. The van der Waals surface area contributed by atoms with Crippen LogP contribution in [0, 0.1) is 5.82 Å². The van der Waals surface area contributed by atoms with E-state index in [1.165, 1.54) is 6.07 Å². The Bertz CT molecular complexity index is 1170. The van der Waals surface area contributed by atoms with E-state index in [1.807, 2.05) is 6.92 Å². The number of amides is 2. The molecule has 2 aromatic rings. The molecule has 0 radical (unpaired) electrons. The van der Waals surface area contributed by atoms with Crippen LogP contribution in [0.15, 0.2) is 41.4 Å². The molecule has 1 aliphatic carbocycles. The zero-order valence-corrected chi connectivity index (χ0v) is 20.3. The number of aliphatic imine (C=N–C) groups is 1. The number of halogens is 1. The van der Waals surface area contributed by atoms with Gasteiger partial charge in [-0.05, 0) is 61.7 Å². The first-order valence-corrected chi connectivity index (χ1v) is 12.0. The summed E-state index contributed by atoms with van der Waals surface area (Å²) in [5.74, 6) is -0.400. The summed E-state index contributed by atoms with van der Waals surface area (Å²) in [5, 5.41) is 9.45. The van der Waals surface area contributed by atoms with Gasteiger partial charge in [-0.3, -0.25) is 9.59 Å². The highest BCUT2D eigenvalue weighted by Crippen LogP contribution is 2.18. The topological polar surface area (TPSA) is 91.8 Å². The number of benzene rings is 2. The largest absolute Gasteiger partial charge is 0.493 e. The van der Waals surface area contributed by atoms with Crippen molar-refractivity contribution < 1.29 is 18.7 Å². The van der Waals surface area contributed by atoms with Crippen LogP contribution in [-0.4, -0.2) is 30.7 Å². The van der Waals surface area contributed by atoms with Gasteiger partial charge in [0.25, 0.3) is 0 Å². The highest BCUT2D eigenvalue weighted by atomic mass is 19.1. The van der Waals surface area contributed by atoms with Crippen molar-refractivity contribution in [2.24, 2.45) is 4.99 Å². The first kappa shape index (κ1) is 25.9. The summed E-state index contributed by atoms with van der Waals surface area (Å²) < 4.78 is 20.4. The second-order valence-corrected chi connectivity index (χ2v) is 8.50. The molecule has 3 rings (SSSR count). The van der Waals surface area contributed by atoms with E-state index in [-0.39, 0.29) is 29.5 Å². The van der Waals surface area contributed by atoms with Crippen molar-refractivity contribution >= 4 is 41.8 Å². The Morgan fingerprint density at radius 1 is 1.11 bits per heavy atom. The molecule has 8 heteroatoms. The van der Waals surface area contributed by atoms with Crippen molar-refractivity contribution in [1.82, 2.24) is 5.32 Å². The van der Waals surface area contributed by atoms with Crippen LogP contribution in [0.1, 0.15) is 52.4 Å². The Balaban J connectivity index is 1.68. The number of hydrogen-bond donors (Lipinski definition) is 3. The van der Waals surface area contributed by atoms with Gasteiger partial charge in [0.05, 0.1) is 11.8 Å². The van der Waals surface area contributed by atoms with Gasteiger partial charge in [-0.15, -0.1) is 0 Å². The molecular formula is C27H33FN4O3. The van der Waals surface area contributed by atoms with Gasteiger partial charge in [0, 0.05) is 29.7 Å². The summed E-state index contributed by atoms with van der Waals surface area (Å²) in [5.41, 5.74) is 1.20. The fraction of sp³-hybridized carbons (Fsp3) is 0.370. The molecular weight excluding hydrogens is 447 g/mol. The smallest absolute Gasteiger partial charge is 0.233 e. The molecule has 0 heterocycles. The number of nitrogens with one attached hydrogen (secondary N) is 3. The fourth-order valence-corrected chi connectivity index (χ4v) is 3.97. The molecule has 0 spiro atoms. The summed E-state index contributed by atoms with van der Waals surface area (Å²) in [6, 6.07) is 10.1. The number of carbonyl (C=O) groups excluding carboxylic acids is 2. The monoisotopic (exact) mass is 480 g/mol. The van der Waals surface area contributed by atoms with E-state index in [4.69, 9.17) is 4.74 Å². The molecule has 7 nitrogen and oxygen atoms in total. The third-order valence-corrected chi connectivity index (χ3v) is 5.59. The number of rotatable bonds is 10. The summed E-state index contributed by atoms with van der Waals surface area (Å²) in [4.78, 5) is 28.6. The van der Waals surface area contributed by atoms with Gasteiger partial charge in [-0.1, -0.05) is 26.3 Å². The zero-order chi connectivity index (χ0) is 25.2. The van der Waals surface area contributed by atoms with Crippen LogP contribution >= 0.6 is 0 Å². The fourth-order valence-electron chi connectivity index (χ4n) is 3.97. The Morgan fingerprint density at radius 3 is 2.37 bits per heavy atom. The third-order valence-electron chi connectivity index (χ3n) is 5.59. The van der Waals surface area contributed by atoms with Gasteiger partial charge in [0.15, 0.2) is 0 Å². The van der Waals surface area contributed by atoms with Crippen LogP contribution < -0.4 is 31.1 Å². The molecule has 0 aromatic heterocycles. The lowest BCUT2D eigenvalue weighted by Gasteiger charge is -2.12. The number of carbonyl (C=O) groups is 2. The number of anilines is 2. The van der Waals surface area contributed by atoms with Crippen molar-refractivity contribution in [3.05, 3.63) is 52.7 Å². The van der Waals surface area contributed by atoms with Crippen molar-refractivity contribution in [2.45, 2.75) is 58.4 Å². The lowest BCUT2D eigenvalue weighted by Crippen LogP contribution is -2.35. The summed E-state index contributed by atoms with van der Waals surface area (Å²) in [7, 11) is 0. The van der Waals surface area contributed by atoms with E-state index in [0.29, 0.717) is 34.8 Å². The van der Waals surface area contributed by atoms with E-state index >= 15 is 0 Å². The Kier molecular flexibility index (Phi) is 9.40. The first-order chi connectivity index (χ1) is 16.9. The van der Waals surface area contributed by atoms with Gasteiger partial charge in [-0.25, -0.2) is 9.38 Å². The molecule has 0 bridgehead atoms. The predicted octanol–water partition coefficient (Wildman–Crippen LogP) is 3.68. The van der Waals surface area contributed by atoms with Crippen LogP contribution in [0.25, 0.3) is 12.4 Å². The molecule has 2 aromatic carbocycles. The second kappa shape index (κ2) is 12.7. The predicted molar refractivity (Wildman–Crippen MR) is 138 cm³/mol. The molecule has 0 atom stereocenters. The Hall–Kier alpha value is -3.68. The van der Waals surface area contributed by atoms with Crippen molar-refractivity contribution in [3.63, 3.8) is 0 Å². The molecule has 2 amide bonds. The minimum absolute atomic E-state index is 0.181. The molecule has 1 saturated carbocycles. The van der Waals surface area contributed by atoms with Crippen LogP contribution in [0.5, 0.6) is 5.75 Å². The van der Waals surface area contributed by atoms with Gasteiger partial charge in [0.1, 0.15) is 23.8 Å². The van der Waals surface area contributed by atoms with Gasteiger partial charge in [-0.2, -0.15) is 0 Å². The van der Waals surface area contributed by atoms with Crippen LogP contribution in [0.2, 0.25) is 0 Å². The number of nitrogens with zero attached hydrogens (tertiary/aromatic N) is 1. The quantitative estimate of drug-likeness (QED) is 0.357. The Morgan fingerprint density at radius 2 is 1.77 bits per heavy atom. The second-order valence-electron chi connectivity index (χ2n) is 8.50. The zero-order valence-electron chi connectivity index (χ0n) is 20.3. The third kappa shape index (κ3) is 7.67. The molecule has 1 fully saturated rings.